The van der Waals surface area contributed by atoms with Gasteiger partial charge >= 0.3 is 6.18 Å². The lowest BCUT2D eigenvalue weighted by Gasteiger charge is -2.29. The summed E-state index contributed by atoms with van der Waals surface area (Å²) in [4.78, 5) is 1.58. The molecule has 0 aliphatic heterocycles. The number of nitrogens with two attached hydrogens (primary N) is 1. The van der Waals surface area contributed by atoms with E-state index in [4.69, 9.17) is 10.9 Å². The van der Waals surface area contributed by atoms with Crippen LogP contribution in [-0.4, -0.2) is 53.8 Å². The zero-order chi connectivity index (χ0) is 14.3. The maximum absolute atomic E-state index is 12.7. The Bertz CT molecular complexity index is 274. The third kappa shape index (κ3) is 5.81. The Morgan fingerprint density at radius 1 is 1.50 bits per heavy atom. The van der Waals surface area contributed by atoms with Crippen LogP contribution in [0.4, 0.5) is 13.2 Å². The first-order valence-corrected chi connectivity index (χ1v) is 6.86. The van der Waals surface area contributed by atoms with E-state index >= 15 is 0 Å². The van der Waals surface area contributed by atoms with Crippen molar-refractivity contribution in [1.29, 1.82) is 0 Å². The third-order valence-electron chi connectivity index (χ3n) is 2.83. The molecule has 0 rings (SSSR count). The van der Waals surface area contributed by atoms with Crippen LogP contribution in [0, 0.1) is 5.92 Å². The molecular formula is C10H20F3N3OS. The molecule has 0 amide bonds. The zero-order valence-corrected chi connectivity index (χ0v) is 11.6. The van der Waals surface area contributed by atoms with Crippen molar-refractivity contribution in [3.8, 4) is 0 Å². The number of alkyl halides is 3. The fourth-order valence-corrected chi connectivity index (χ4v) is 1.99. The average Bonchev–Trinajstić information content (AvgIpc) is 2.30. The minimum absolute atomic E-state index is 0.00814. The molecule has 0 aliphatic carbocycles. The summed E-state index contributed by atoms with van der Waals surface area (Å²) in [7, 11) is 1.61. The van der Waals surface area contributed by atoms with Gasteiger partial charge < -0.3 is 15.8 Å². The van der Waals surface area contributed by atoms with E-state index in [1.165, 1.54) is 0 Å². The normalized spacial score (nSPS) is 16.9. The van der Waals surface area contributed by atoms with Crippen LogP contribution in [0.5, 0.6) is 0 Å². The highest BCUT2D eigenvalue weighted by atomic mass is 32.2. The smallest absolute Gasteiger partial charge is 0.400 e. The summed E-state index contributed by atoms with van der Waals surface area (Å²) in [6, 6.07) is 0.00814. The van der Waals surface area contributed by atoms with Gasteiger partial charge in [-0.1, -0.05) is 5.16 Å². The maximum Gasteiger partial charge on any atom is 0.400 e. The lowest BCUT2D eigenvalue weighted by molar-refractivity contribution is -0.160. The Labute approximate surface area is 109 Å². The van der Waals surface area contributed by atoms with Crippen molar-refractivity contribution in [3.63, 3.8) is 0 Å². The predicted molar refractivity (Wildman–Crippen MR) is 68.0 cm³/mol. The number of thioether (sulfide) groups is 1. The summed E-state index contributed by atoms with van der Waals surface area (Å²) in [5, 5.41) is 10.9. The van der Waals surface area contributed by atoms with Crippen LogP contribution in [0.25, 0.3) is 0 Å². The van der Waals surface area contributed by atoms with Crippen molar-refractivity contribution in [2.75, 3.05) is 25.6 Å². The molecule has 2 atom stereocenters. The minimum Gasteiger partial charge on any atom is -0.409 e. The number of rotatable bonds is 7. The van der Waals surface area contributed by atoms with E-state index in [0.29, 0.717) is 0 Å². The van der Waals surface area contributed by atoms with E-state index in [2.05, 4.69) is 5.16 Å². The van der Waals surface area contributed by atoms with Crippen molar-refractivity contribution in [2.24, 2.45) is 16.8 Å². The standard InChI is InChI=1S/C10H20F3N3OS/c1-7(4-5-18-3)16(2)6-8(9(14)15-17)10(11,12)13/h7-8,17H,4-6H2,1-3H3,(H2,14,15). The Morgan fingerprint density at radius 3 is 2.44 bits per heavy atom. The van der Waals surface area contributed by atoms with Gasteiger partial charge in [0.05, 0.1) is 0 Å². The van der Waals surface area contributed by atoms with E-state index in [1.54, 1.807) is 23.7 Å². The van der Waals surface area contributed by atoms with E-state index < -0.39 is 17.9 Å². The molecule has 108 valence electrons. The van der Waals surface area contributed by atoms with Crippen molar-refractivity contribution < 1.29 is 18.4 Å². The van der Waals surface area contributed by atoms with Gasteiger partial charge in [0.1, 0.15) is 5.92 Å². The van der Waals surface area contributed by atoms with Crippen LogP contribution in [0.2, 0.25) is 0 Å². The molecule has 2 unspecified atom stereocenters. The van der Waals surface area contributed by atoms with Crippen LogP contribution in [-0.2, 0) is 0 Å². The number of hydrogen-bond acceptors (Lipinski definition) is 4. The molecule has 0 heterocycles. The Balaban J connectivity index is 4.59. The second kappa shape index (κ2) is 7.73. The average molecular weight is 287 g/mol. The number of hydrogen-bond donors (Lipinski definition) is 2. The number of oxime groups is 1. The quantitative estimate of drug-likeness (QED) is 0.325. The number of amidine groups is 1. The second-order valence-corrected chi connectivity index (χ2v) is 5.17. The molecule has 0 radical (unpaired) electrons. The maximum atomic E-state index is 12.7. The molecule has 3 N–H and O–H groups in total. The lowest BCUT2D eigenvalue weighted by Crippen LogP contribution is -2.45. The summed E-state index contributed by atoms with van der Waals surface area (Å²) in [5.74, 6) is -1.86. The van der Waals surface area contributed by atoms with Gasteiger partial charge in [-0.25, -0.2) is 0 Å². The monoisotopic (exact) mass is 287 g/mol. The summed E-state index contributed by atoms with van der Waals surface area (Å²) in [6.45, 7) is 1.55. The fourth-order valence-electron chi connectivity index (χ4n) is 1.41. The molecule has 0 saturated carbocycles. The molecule has 0 saturated heterocycles. The van der Waals surface area contributed by atoms with E-state index in [0.717, 1.165) is 12.2 Å². The molecule has 0 aromatic carbocycles. The van der Waals surface area contributed by atoms with Gasteiger partial charge in [-0.2, -0.15) is 24.9 Å². The van der Waals surface area contributed by atoms with Crippen LogP contribution in [0.1, 0.15) is 13.3 Å². The number of nitrogens with zero attached hydrogens (tertiary/aromatic N) is 2. The molecular weight excluding hydrogens is 267 g/mol. The van der Waals surface area contributed by atoms with Gasteiger partial charge in [-0.05, 0) is 32.4 Å². The molecule has 0 aromatic heterocycles. The summed E-state index contributed by atoms with van der Waals surface area (Å²) < 4.78 is 38.2. The van der Waals surface area contributed by atoms with E-state index in [1.807, 2.05) is 13.2 Å². The first-order valence-electron chi connectivity index (χ1n) is 5.47. The van der Waals surface area contributed by atoms with Crippen molar-refractivity contribution in [2.45, 2.75) is 25.6 Å². The molecule has 0 spiro atoms. The van der Waals surface area contributed by atoms with Gasteiger partial charge in [-0.15, -0.1) is 0 Å². The van der Waals surface area contributed by atoms with Gasteiger partial charge in [0, 0.05) is 12.6 Å². The number of halogens is 3. The van der Waals surface area contributed by atoms with Gasteiger partial charge in [0.2, 0.25) is 0 Å². The van der Waals surface area contributed by atoms with Crippen molar-refractivity contribution in [3.05, 3.63) is 0 Å². The van der Waals surface area contributed by atoms with Gasteiger partial charge in [0.25, 0.3) is 0 Å². The van der Waals surface area contributed by atoms with Crippen LogP contribution >= 0.6 is 11.8 Å². The highest BCUT2D eigenvalue weighted by Crippen LogP contribution is 2.27. The summed E-state index contributed by atoms with van der Waals surface area (Å²) in [6.07, 6.45) is -1.77. The highest BCUT2D eigenvalue weighted by Gasteiger charge is 2.43. The lowest BCUT2D eigenvalue weighted by atomic mass is 10.1. The minimum atomic E-state index is -4.51. The van der Waals surface area contributed by atoms with Gasteiger partial charge in [0.15, 0.2) is 5.84 Å². The topological polar surface area (TPSA) is 61.8 Å². The zero-order valence-electron chi connectivity index (χ0n) is 10.7. The molecule has 18 heavy (non-hydrogen) atoms. The fraction of sp³-hybridized carbons (Fsp3) is 0.900. The summed E-state index contributed by atoms with van der Waals surface area (Å²) in [5.41, 5.74) is 5.10. The predicted octanol–water partition coefficient (Wildman–Crippen LogP) is 1.98. The van der Waals surface area contributed by atoms with Crippen molar-refractivity contribution >= 4 is 17.6 Å². The first kappa shape index (κ1) is 17.4. The molecule has 4 nitrogen and oxygen atoms in total. The van der Waals surface area contributed by atoms with Crippen molar-refractivity contribution in [1.82, 2.24) is 4.90 Å². The van der Waals surface area contributed by atoms with Crippen LogP contribution in [0.3, 0.4) is 0 Å². The first-order chi connectivity index (χ1) is 8.23. The molecule has 0 aliphatic rings. The Hall–Kier alpha value is -0.630. The molecule has 8 heteroatoms. The highest BCUT2D eigenvalue weighted by molar-refractivity contribution is 7.98. The molecule has 0 bridgehead atoms. The molecule has 0 fully saturated rings. The molecule has 0 aromatic rings. The van der Waals surface area contributed by atoms with Crippen LogP contribution < -0.4 is 5.73 Å². The Kier molecular flexibility index (Phi) is 7.46. The Morgan fingerprint density at radius 2 is 2.06 bits per heavy atom. The summed E-state index contributed by atoms with van der Waals surface area (Å²) >= 11 is 1.65. The van der Waals surface area contributed by atoms with Gasteiger partial charge in [-0.3, -0.25) is 0 Å². The largest absolute Gasteiger partial charge is 0.409 e. The SMILES string of the molecule is CSCCC(C)N(C)CC(C(N)=NO)C(F)(F)F. The second-order valence-electron chi connectivity index (χ2n) is 4.19. The van der Waals surface area contributed by atoms with E-state index in [-0.39, 0.29) is 12.6 Å². The third-order valence-corrected chi connectivity index (χ3v) is 3.47. The van der Waals surface area contributed by atoms with E-state index in [9.17, 15) is 13.2 Å². The van der Waals surface area contributed by atoms with Crippen LogP contribution in [0.15, 0.2) is 5.16 Å².